The molecule has 5 heteroatoms. The van der Waals surface area contributed by atoms with E-state index >= 15 is 0 Å². The summed E-state index contributed by atoms with van der Waals surface area (Å²) in [7, 11) is 2.06. The van der Waals surface area contributed by atoms with E-state index in [9.17, 15) is 9.90 Å². The predicted molar refractivity (Wildman–Crippen MR) is 81.7 cm³/mol. The first-order chi connectivity index (χ1) is 10.00. The Morgan fingerprint density at radius 2 is 1.90 bits per heavy atom. The van der Waals surface area contributed by atoms with Crippen molar-refractivity contribution in [2.45, 2.75) is 19.4 Å². The van der Waals surface area contributed by atoms with Crippen molar-refractivity contribution in [2.24, 2.45) is 0 Å². The van der Waals surface area contributed by atoms with Crippen LogP contribution in [0.2, 0.25) is 0 Å². The van der Waals surface area contributed by atoms with Crippen molar-refractivity contribution >= 4 is 5.97 Å². The first kappa shape index (κ1) is 15.8. The third-order valence-electron chi connectivity index (χ3n) is 4.26. The number of carboxylic acids is 1. The van der Waals surface area contributed by atoms with Gasteiger partial charge in [-0.1, -0.05) is 18.2 Å². The number of hydrogen-bond donors (Lipinski definition) is 1. The molecular formula is C16H24N2O3. The summed E-state index contributed by atoms with van der Waals surface area (Å²) in [5.74, 6) is -0.178. The van der Waals surface area contributed by atoms with Gasteiger partial charge in [0, 0.05) is 31.7 Å². The summed E-state index contributed by atoms with van der Waals surface area (Å²) >= 11 is 0. The Labute approximate surface area is 126 Å². The zero-order valence-corrected chi connectivity index (χ0v) is 13.0. The molecule has 1 aromatic rings. The quantitative estimate of drug-likeness (QED) is 0.894. The maximum Gasteiger partial charge on any atom is 0.328 e. The van der Waals surface area contributed by atoms with Crippen molar-refractivity contribution in [1.29, 1.82) is 0 Å². The summed E-state index contributed by atoms with van der Waals surface area (Å²) in [6, 6.07) is 7.45. The fraction of sp³-hybridized carbons (Fsp3) is 0.562. The van der Waals surface area contributed by atoms with Gasteiger partial charge in [-0.25, -0.2) is 4.79 Å². The Bertz CT molecular complexity index is 498. The number of benzene rings is 1. The molecular weight excluding hydrogens is 268 g/mol. The van der Waals surface area contributed by atoms with Gasteiger partial charge in [0.05, 0.1) is 6.61 Å². The lowest BCUT2D eigenvalue weighted by molar-refractivity contribution is -0.152. The van der Waals surface area contributed by atoms with E-state index in [1.165, 1.54) is 0 Å². The monoisotopic (exact) mass is 292 g/mol. The summed E-state index contributed by atoms with van der Waals surface area (Å²) in [4.78, 5) is 16.3. The minimum absolute atomic E-state index is 0.523. The number of hydrogen-bond acceptors (Lipinski definition) is 4. The normalized spacial score (nSPS) is 20.0. The van der Waals surface area contributed by atoms with Crippen LogP contribution in [-0.2, 0) is 10.3 Å². The molecule has 0 amide bonds. The van der Waals surface area contributed by atoms with Crippen LogP contribution in [0.3, 0.4) is 0 Å². The number of rotatable bonds is 5. The molecule has 1 heterocycles. The second-order valence-electron chi connectivity index (χ2n) is 5.60. The number of carboxylic acid groups (broad SMARTS) is 1. The summed E-state index contributed by atoms with van der Waals surface area (Å²) in [5.41, 5.74) is -0.337. The van der Waals surface area contributed by atoms with Crippen molar-refractivity contribution in [3.63, 3.8) is 0 Å². The molecule has 1 N–H and O–H groups in total. The van der Waals surface area contributed by atoms with E-state index in [1.807, 2.05) is 36.1 Å². The van der Waals surface area contributed by atoms with Gasteiger partial charge in [0.25, 0.3) is 0 Å². The molecule has 1 aromatic carbocycles. The smallest absolute Gasteiger partial charge is 0.328 e. The van der Waals surface area contributed by atoms with E-state index in [4.69, 9.17) is 4.74 Å². The van der Waals surface area contributed by atoms with E-state index in [2.05, 4.69) is 11.9 Å². The molecule has 1 atom stereocenters. The van der Waals surface area contributed by atoms with Crippen molar-refractivity contribution in [3.05, 3.63) is 29.8 Å². The Balaban J connectivity index is 2.40. The number of nitrogens with zero attached hydrogens (tertiary/aromatic N) is 2. The molecule has 1 aliphatic heterocycles. The van der Waals surface area contributed by atoms with Crippen LogP contribution in [-0.4, -0.2) is 60.7 Å². The zero-order chi connectivity index (χ0) is 15.5. The van der Waals surface area contributed by atoms with Gasteiger partial charge in [-0.3, -0.25) is 4.90 Å². The van der Waals surface area contributed by atoms with Crippen LogP contribution in [0.1, 0.15) is 19.4 Å². The molecule has 0 spiro atoms. The highest BCUT2D eigenvalue weighted by Gasteiger charge is 2.44. The number of piperazine rings is 1. The van der Waals surface area contributed by atoms with Gasteiger partial charge in [-0.2, -0.15) is 0 Å². The number of aliphatic carboxylic acids is 1. The van der Waals surface area contributed by atoms with Crippen molar-refractivity contribution < 1.29 is 14.6 Å². The second-order valence-corrected chi connectivity index (χ2v) is 5.60. The number of ether oxygens (including phenoxy) is 1. The van der Waals surface area contributed by atoms with Crippen LogP contribution in [0.25, 0.3) is 0 Å². The molecule has 116 valence electrons. The van der Waals surface area contributed by atoms with Gasteiger partial charge < -0.3 is 14.7 Å². The van der Waals surface area contributed by atoms with Crippen LogP contribution in [0.4, 0.5) is 0 Å². The Hall–Kier alpha value is -1.59. The molecule has 1 unspecified atom stereocenters. The molecule has 1 saturated heterocycles. The molecule has 0 saturated carbocycles. The van der Waals surface area contributed by atoms with Crippen molar-refractivity contribution in [1.82, 2.24) is 9.80 Å². The molecule has 0 aliphatic carbocycles. The van der Waals surface area contributed by atoms with E-state index < -0.39 is 11.5 Å². The van der Waals surface area contributed by atoms with Gasteiger partial charge in [-0.05, 0) is 27.0 Å². The minimum Gasteiger partial charge on any atom is -0.494 e. The standard InChI is InChI=1S/C16H24N2O3/c1-4-21-14-8-6-5-7-13(14)16(2,15(19)20)18-11-9-17(3)10-12-18/h5-8H,4,9-12H2,1-3H3,(H,19,20). The van der Waals surface area contributed by atoms with Crippen LogP contribution in [0, 0.1) is 0 Å². The summed E-state index contributed by atoms with van der Waals surface area (Å²) in [6.45, 7) is 7.43. The van der Waals surface area contributed by atoms with Crippen LogP contribution in [0.5, 0.6) is 5.75 Å². The highest BCUT2D eigenvalue weighted by molar-refractivity contribution is 5.81. The molecule has 1 fully saturated rings. The van der Waals surface area contributed by atoms with E-state index in [-0.39, 0.29) is 0 Å². The highest BCUT2D eigenvalue weighted by atomic mass is 16.5. The van der Waals surface area contributed by atoms with Crippen LogP contribution < -0.4 is 4.74 Å². The van der Waals surface area contributed by atoms with Crippen LogP contribution >= 0.6 is 0 Å². The lowest BCUT2D eigenvalue weighted by Crippen LogP contribution is -2.57. The average Bonchev–Trinajstić information content (AvgIpc) is 2.48. The summed E-state index contributed by atoms with van der Waals surface area (Å²) in [6.07, 6.45) is 0. The lowest BCUT2D eigenvalue weighted by Gasteiger charge is -2.43. The third kappa shape index (κ3) is 3.04. The number of likely N-dealkylation sites (N-methyl/N-ethyl adjacent to an activating group) is 1. The third-order valence-corrected chi connectivity index (χ3v) is 4.26. The molecule has 2 rings (SSSR count). The van der Waals surface area contributed by atoms with E-state index in [1.54, 1.807) is 6.92 Å². The Morgan fingerprint density at radius 3 is 2.48 bits per heavy atom. The largest absolute Gasteiger partial charge is 0.494 e. The number of para-hydroxylation sites is 1. The Morgan fingerprint density at radius 1 is 1.29 bits per heavy atom. The SMILES string of the molecule is CCOc1ccccc1C(C)(C(=O)O)N1CCN(C)CC1. The fourth-order valence-corrected chi connectivity index (χ4v) is 2.82. The molecule has 5 nitrogen and oxygen atoms in total. The van der Waals surface area contributed by atoms with Gasteiger partial charge >= 0.3 is 5.97 Å². The zero-order valence-electron chi connectivity index (χ0n) is 13.0. The van der Waals surface area contributed by atoms with Gasteiger partial charge in [-0.15, -0.1) is 0 Å². The topological polar surface area (TPSA) is 53.0 Å². The fourth-order valence-electron chi connectivity index (χ4n) is 2.82. The van der Waals surface area contributed by atoms with Gasteiger partial charge in [0.15, 0.2) is 0 Å². The maximum absolute atomic E-state index is 12.0. The molecule has 21 heavy (non-hydrogen) atoms. The van der Waals surface area contributed by atoms with E-state index in [0.29, 0.717) is 12.4 Å². The van der Waals surface area contributed by atoms with Gasteiger partial charge in [0.2, 0.25) is 0 Å². The Kier molecular flexibility index (Phi) is 4.85. The second kappa shape index (κ2) is 6.45. The molecule has 0 radical (unpaired) electrons. The first-order valence-electron chi connectivity index (χ1n) is 7.39. The molecule has 0 bridgehead atoms. The number of carbonyl (C=O) groups is 1. The van der Waals surface area contributed by atoms with Gasteiger partial charge in [0.1, 0.15) is 11.3 Å². The van der Waals surface area contributed by atoms with Crippen LogP contribution in [0.15, 0.2) is 24.3 Å². The van der Waals surface area contributed by atoms with Crippen molar-refractivity contribution in [3.8, 4) is 5.75 Å². The molecule has 1 aliphatic rings. The predicted octanol–water partition coefficient (Wildman–Crippen LogP) is 1.63. The minimum atomic E-state index is -1.06. The average molecular weight is 292 g/mol. The van der Waals surface area contributed by atoms with E-state index in [0.717, 1.165) is 31.7 Å². The lowest BCUT2D eigenvalue weighted by atomic mass is 9.88. The molecule has 0 aromatic heterocycles. The highest BCUT2D eigenvalue weighted by Crippen LogP contribution is 2.35. The van der Waals surface area contributed by atoms with Crippen molar-refractivity contribution in [2.75, 3.05) is 39.8 Å². The summed E-state index contributed by atoms with van der Waals surface area (Å²) < 4.78 is 5.64. The summed E-state index contributed by atoms with van der Waals surface area (Å²) in [5, 5.41) is 9.89. The maximum atomic E-state index is 12.0. The first-order valence-corrected chi connectivity index (χ1v) is 7.39.